The molecule has 0 spiro atoms. The molecule has 0 bridgehead atoms. The second-order valence-electron chi connectivity index (χ2n) is 10.6. The summed E-state index contributed by atoms with van der Waals surface area (Å²) in [5, 5.41) is 15.1. The lowest BCUT2D eigenvalue weighted by Gasteiger charge is -2.37. The molecule has 1 aliphatic heterocycles. The number of allylic oxidation sites excluding steroid dienone is 1. The average molecular weight is 451 g/mol. The highest BCUT2D eigenvalue weighted by molar-refractivity contribution is 7.80. The van der Waals surface area contributed by atoms with Gasteiger partial charge in [-0.2, -0.15) is 0 Å². The van der Waals surface area contributed by atoms with Gasteiger partial charge in [0.15, 0.2) is 10.9 Å². The largest absolute Gasteiger partial charge is 0.507 e. The highest BCUT2D eigenvalue weighted by Crippen LogP contribution is 2.43. The third-order valence-corrected chi connectivity index (χ3v) is 6.51. The minimum absolute atomic E-state index is 0.0300. The molecule has 2 aromatic rings. The van der Waals surface area contributed by atoms with Crippen LogP contribution in [-0.4, -0.2) is 27.9 Å². The van der Waals surface area contributed by atoms with Crippen molar-refractivity contribution >= 4 is 23.1 Å². The summed E-state index contributed by atoms with van der Waals surface area (Å²) in [5.74, 6) is 0.290. The van der Waals surface area contributed by atoms with E-state index in [0.717, 1.165) is 22.4 Å². The van der Waals surface area contributed by atoms with Crippen molar-refractivity contribution in [2.75, 3.05) is 7.05 Å². The standard InChI is InChI=1S/C27H34N2O2S/c1-16-21(23(30)17-12-10-9-11-13-17)22(28-25(32)29(16)8)18-14-19(26(2,3)4)24(31)20(15-18)27(5,6)7/h9-15,22,31H,1-8H3,(H,28,32). The number of hydrogen-bond donors (Lipinski definition) is 2. The van der Waals surface area contributed by atoms with Crippen LogP contribution in [0.3, 0.4) is 0 Å². The number of thiocarbonyl (C=S) groups is 1. The molecule has 0 saturated carbocycles. The van der Waals surface area contributed by atoms with Crippen LogP contribution in [0.1, 0.15) is 81.6 Å². The quantitative estimate of drug-likeness (QED) is 0.443. The number of hydrogen-bond acceptors (Lipinski definition) is 3. The molecule has 32 heavy (non-hydrogen) atoms. The number of nitrogens with zero attached hydrogens (tertiary/aromatic N) is 1. The topological polar surface area (TPSA) is 52.6 Å². The van der Waals surface area contributed by atoms with Crippen molar-refractivity contribution in [1.82, 2.24) is 10.2 Å². The minimum atomic E-state index is -0.408. The number of carbonyl (C=O) groups excluding carboxylic acids is 1. The Morgan fingerprint density at radius 3 is 1.97 bits per heavy atom. The maximum atomic E-state index is 13.7. The number of rotatable bonds is 3. The number of phenols is 1. The van der Waals surface area contributed by atoms with E-state index in [9.17, 15) is 9.90 Å². The van der Waals surface area contributed by atoms with Gasteiger partial charge < -0.3 is 15.3 Å². The van der Waals surface area contributed by atoms with Crippen LogP contribution in [0.15, 0.2) is 53.7 Å². The molecule has 3 rings (SSSR count). The molecule has 170 valence electrons. The second-order valence-corrected chi connectivity index (χ2v) is 11.0. The Hall–Kier alpha value is -2.66. The molecule has 0 aromatic heterocycles. The first-order chi connectivity index (χ1) is 14.7. The molecule has 1 aliphatic rings. The molecule has 1 heterocycles. The number of carbonyl (C=O) groups is 1. The molecular weight excluding hydrogens is 416 g/mol. The zero-order chi connectivity index (χ0) is 24.0. The molecule has 0 radical (unpaired) electrons. The van der Waals surface area contributed by atoms with E-state index in [4.69, 9.17) is 12.2 Å². The van der Waals surface area contributed by atoms with E-state index in [1.807, 2.05) is 61.3 Å². The smallest absolute Gasteiger partial charge is 0.193 e. The molecule has 2 N–H and O–H groups in total. The third-order valence-electron chi connectivity index (χ3n) is 6.12. The van der Waals surface area contributed by atoms with Crippen molar-refractivity contribution in [3.05, 3.63) is 76.0 Å². The van der Waals surface area contributed by atoms with Crippen molar-refractivity contribution in [2.24, 2.45) is 0 Å². The van der Waals surface area contributed by atoms with Gasteiger partial charge in [-0.25, -0.2) is 0 Å². The number of nitrogens with one attached hydrogen (secondary N) is 1. The maximum absolute atomic E-state index is 13.7. The molecule has 0 aliphatic carbocycles. The van der Waals surface area contributed by atoms with Crippen LogP contribution in [0.4, 0.5) is 0 Å². The van der Waals surface area contributed by atoms with Gasteiger partial charge >= 0.3 is 0 Å². The summed E-state index contributed by atoms with van der Waals surface area (Å²) in [5.41, 5.74) is 4.23. The molecular formula is C27H34N2O2S. The molecule has 1 atom stereocenters. The van der Waals surface area contributed by atoms with Crippen LogP contribution in [0.25, 0.3) is 0 Å². The zero-order valence-corrected chi connectivity index (χ0v) is 21.1. The summed E-state index contributed by atoms with van der Waals surface area (Å²) in [6.45, 7) is 14.4. The van der Waals surface area contributed by atoms with Crippen LogP contribution >= 0.6 is 12.2 Å². The zero-order valence-electron chi connectivity index (χ0n) is 20.3. The number of ketones is 1. The third kappa shape index (κ3) is 4.44. The van der Waals surface area contributed by atoms with E-state index in [2.05, 4.69) is 46.9 Å². The van der Waals surface area contributed by atoms with Crippen LogP contribution in [0.5, 0.6) is 5.75 Å². The Labute approximate surface area is 197 Å². The summed E-state index contributed by atoms with van der Waals surface area (Å²) in [6, 6.07) is 13.0. The fraction of sp³-hybridized carbons (Fsp3) is 0.407. The number of aromatic hydroxyl groups is 1. The number of benzene rings is 2. The SMILES string of the molecule is CC1=C(C(=O)c2ccccc2)C(c2cc(C(C)(C)C)c(O)c(C(C)(C)C)c2)NC(=S)N1C. The molecule has 2 aromatic carbocycles. The van der Waals surface area contributed by atoms with Gasteiger partial charge in [-0.15, -0.1) is 0 Å². The fourth-order valence-corrected chi connectivity index (χ4v) is 4.35. The molecule has 5 heteroatoms. The first-order valence-corrected chi connectivity index (χ1v) is 11.4. The van der Waals surface area contributed by atoms with E-state index < -0.39 is 6.04 Å². The predicted octanol–water partition coefficient (Wildman–Crippen LogP) is 6.01. The average Bonchev–Trinajstić information content (AvgIpc) is 2.70. The van der Waals surface area contributed by atoms with Crippen LogP contribution in [-0.2, 0) is 10.8 Å². The van der Waals surface area contributed by atoms with Crippen LogP contribution in [0.2, 0.25) is 0 Å². The highest BCUT2D eigenvalue weighted by atomic mass is 32.1. The predicted molar refractivity (Wildman–Crippen MR) is 135 cm³/mol. The maximum Gasteiger partial charge on any atom is 0.193 e. The monoisotopic (exact) mass is 450 g/mol. The lowest BCUT2D eigenvalue weighted by Crippen LogP contribution is -2.46. The number of phenolic OH excluding ortho intramolecular Hbond substituents is 1. The Bertz CT molecular complexity index is 1050. The second kappa shape index (κ2) is 8.36. The van der Waals surface area contributed by atoms with Gasteiger partial charge in [-0.1, -0.05) is 71.9 Å². The van der Waals surface area contributed by atoms with Crippen LogP contribution in [0, 0.1) is 0 Å². The summed E-state index contributed by atoms with van der Waals surface area (Å²) in [6.07, 6.45) is 0. The number of Topliss-reactive ketones (excluding diaryl/α,β-unsaturated/α-hetero) is 1. The fourth-order valence-electron chi connectivity index (χ4n) is 4.09. The Morgan fingerprint density at radius 1 is 1.00 bits per heavy atom. The van der Waals surface area contributed by atoms with Crippen molar-refractivity contribution in [2.45, 2.75) is 65.3 Å². The highest BCUT2D eigenvalue weighted by Gasteiger charge is 2.35. The lowest BCUT2D eigenvalue weighted by molar-refractivity contribution is 0.102. The summed E-state index contributed by atoms with van der Waals surface area (Å²) in [4.78, 5) is 15.5. The van der Waals surface area contributed by atoms with Gasteiger partial charge in [-0.3, -0.25) is 4.79 Å². The molecule has 1 unspecified atom stereocenters. The van der Waals surface area contributed by atoms with E-state index in [0.29, 0.717) is 22.0 Å². The molecule has 0 saturated heterocycles. The Morgan fingerprint density at radius 2 is 1.50 bits per heavy atom. The summed E-state index contributed by atoms with van der Waals surface area (Å²) < 4.78 is 0. The van der Waals surface area contributed by atoms with E-state index in [1.54, 1.807) is 0 Å². The van der Waals surface area contributed by atoms with E-state index in [1.165, 1.54) is 0 Å². The van der Waals surface area contributed by atoms with Crippen molar-refractivity contribution < 1.29 is 9.90 Å². The van der Waals surface area contributed by atoms with Gasteiger partial charge in [0.2, 0.25) is 0 Å². The molecule has 0 amide bonds. The van der Waals surface area contributed by atoms with Crippen molar-refractivity contribution in [1.29, 1.82) is 0 Å². The van der Waals surface area contributed by atoms with Crippen LogP contribution < -0.4 is 5.32 Å². The van der Waals surface area contributed by atoms with Crippen molar-refractivity contribution in [3.63, 3.8) is 0 Å². The first-order valence-electron chi connectivity index (χ1n) is 11.0. The minimum Gasteiger partial charge on any atom is -0.507 e. The Kier molecular flexibility index (Phi) is 6.27. The first kappa shape index (κ1) is 24.0. The Balaban J connectivity index is 2.28. The van der Waals surface area contributed by atoms with E-state index in [-0.39, 0.29) is 16.6 Å². The van der Waals surface area contributed by atoms with Gasteiger partial charge in [0.25, 0.3) is 0 Å². The molecule has 4 nitrogen and oxygen atoms in total. The summed E-state index contributed by atoms with van der Waals surface area (Å²) in [7, 11) is 1.87. The van der Waals surface area contributed by atoms with Gasteiger partial charge in [0.1, 0.15) is 5.75 Å². The summed E-state index contributed by atoms with van der Waals surface area (Å²) >= 11 is 5.60. The van der Waals surface area contributed by atoms with Crippen molar-refractivity contribution in [3.8, 4) is 5.75 Å². The van der Waals surface area contributed by atoms with Gasteiger partial charge in [-0.05, 0) is 58.8 Å². The van der Waals surface area contributed by atoms with Gasteiger partial charge in [0, 0.05) is 23.9 Å². The van der Waals surface area contributed by atoms with Gasteiger partial charge in [0.05, 0.1) is 6.04 Å². The van der Waals surface area contributed by atoms with E-state index >= 15 is 0 Å². The normalized spacial score (nSPS) is 17.4. The lowest BCUT2D eigenvalue weighted by atomic mass is 9.76. The molecule has 0 fully saturated rings.